The largest absolute Gasteiger partial charge is 0.203 e. The van der Waals surface area contributed by atoms with Crippen LogP contribution in [-0.2, 0) is 0 Å². The molecule has 0 atom stereocenters. The third kappa shape index (κ3) is 3.04. The van der Waals surface area contributed by atoms with Crippen LogP contribution in [0.4, 0.5) is 0 Å². The van der Waals surface area contributed by atoms with E-state index >= 15 is 0 Å². The van der Waals surface area contributed by atoms with Crippen LogP contribution in [0.5, 0.6) is 0 Å². The third-order valence-electron chi connectivity index (χ3n) is 1.00. The number of aromatic nitrogens is 3. The van der Waals surface area contributed by atoms with Gasteiger partial charge in [-0.05, 0) is 6.08 Å². The maximum Gasteiger partial charge on any atom is 0.189 e. The summed E-state index contributed by atoms with van der Waals surface area (Å²) in [6, 6.07) is 0. The van der Waals surface area contributed by atoms with Crippen molar-refractivity contribution in [2.24, 2.45) is 0 Å². The van der Waals surface area contributed by atoms with Gasteiger partial charge in [0.05, 0.1) is 0 Å². The van der Waals surface area contributed by atoms with Crippen molar-refractivity contribution in [2.75, 3.05) is 5.75 Å². The lowest BCUT2D eigenvalue weighted by molar-refractivity contribution is 0.797. The lowest BCUT2D eigenvalue weighted by Crippen LogP contribution is -1.93. The Kier molecular flexibility index (Phi) is 3.90. The van der Waals surface area contributed by atoms with E-state index in [1.165, 1.54) is 0 Å². The van der Waals surface area contributed by atoms with Crippen molar-refractivity contribution in [3.63, 3.8) is 0 Å². The lowest BCUT2D eigenvalue weighted by atomic mass is 10.5. The molecule has 0 fully saturated rings. The van der Waals surface area contributed by atoms with Gasteiger partial charge in [0.15, 0.2) is 16.1 Å². The van der Waals surface area contributed by atoms with E-state index in [1.807, 2.05) is 6.08 Å². The van der Waals surface area contributed by atoms with Crippen molar-refractivity contribution in [1.82, 2.24) is 15.0 Å². The van der Waals surface area contributed by atoms with Crippen LogP contribution in [0.1, 0.15) is 5.82 Å². The van der Waals surface area contributed by atoms with Crippen molar-refractivity contribution >= 4 is 44.0 Å². The number of hydrogen-bond acceptors (Lipinski definition) is 6. The molecular formula is C6H7N3S3. The Balaban J connectivity index is 2.93. The van der Waals surface area contributed by atoms with Crippen LogP contribution in [0, 0.1) is 0 Å². The highest BCUT2D eigenvalue weighted by atomic mass is 32.1. The fourth-order valence-electron chi connectivity index (χ4n) is 0.602. The molecule has 0 aromatic carbocycles. The van der Waals surface area contributed by atoms with Gasteiger partial charge in [-0.2, -0.15) is 17.6 Å². The van der Waals surface area contributed by atoms with E-state index in [1.54, 1.807) is 6.08 Å². The number of thiol groups is 3. The Morgan fingerprint density at radius 3 is 2.17 bits per heavy atom. The number of rotatable bonds is 2. The highest BCUT2D eigenvalue weighted by Gasteiger charge is 1.96. The first-order valence-electron chi connectivity index (χ1n) is 3.14. The van der Waals surface area contributed by atoms with Crippen molar-refractivity contribution in [2.45, 2.75) is 10.3 Å². The maximum absolute atomic E-state index is 4.01. The normalized spacial score (nSPS) is 10.9. The molecule has 0 radical (unpaired) electrons. The summed E-state index contributed by atoms with van der Waals surface area (Å²) in [5, 5.41) is 0.739. The molecule has 0 spiro atoms. The molecule has 0 saturated heterocycles. The molecule has 0 bridgehead atoms. The van der Waals surface area contributed by atoms with Crippen molar-refractivity contribution in [1.29, 1.82) is 0 Å². The van der Waals surface area contributed by atoms with Crippen LogP contribution in [0.25, 0.3) is 6.08 Å². The van der Waals surface area contributed by atoms with Crippen LogP contribution >= 0.6 is 37.9 Å². The highest BCUT2D eigenvalue weighted by Crippen LogP contribution is 2.04. The second kappa shape index (κ2) is 4.74. The Hall–Kier alpha value is -0.200. The Bertz CT molecular complexity index is 280. The van der Waals surface area contributed by atoms with Gasteiger partial charge in [0, 0.05) is 5.75 Å². The molecule has 64 valence electrons. The van der Waals surface area contributed by atoms with E-state index in [0.29, 0.717) is 21.9 Å². The van der Waals surface area contributed by atoms with E-state index in [2.05, 4.69) is 52.8 Å². The van der Waals surface area contributed by atoms with Crippen LogP contribution < -0.4 is 0 Å². The molecule has 1 aromatic heterocycles. The van der Waals surface area contributed by atoms with Crippen molar-refractivity contribution in [3.05, 3.63) is 11.9 Å². The van der Waals surface area contributed by atoms with Gasteiger partial charge < -0.3 is 0 Å². The van der Waals surface area contributed by atoms with Crippen LogP contribution in [0.15, 0.2) is 16.4 Å². The highest BCUT2D eigenvalue weighted by molar-refractivity contribution is 7.80. The molecule has 0 amide bonds. The molecule has 1 aromatic rings. The van der Waals surface area contributed by atoms with Crippen LogP contribution in [0.3, 0.4) is 0 Å². The average molecular weight is 217 g/mol. The van der Waals surface area contributed by atoms with Gasteiger partial charge in [-0.1, -0.05) is 6.08 Å². The number of hydrogen-bond donors (Lipinski definition) is 3. The van der Waals surface area contributed by atoms with E-state index in [9.17, 15) is 0 Å². The topological polar surface area (TPSA) is 38.7 Å². The zero-order valence-corrected chi connectivity index (χ0v) is 8.73. The molecule has 0 aliphatic carbocycles. The van der Waals surface area contributed by atoms with Gasteiger partial charge in [-0.3, -0.25) is 0 Å². The first-order chi connectivity index (χ1) is 5.72. The van der Waals surface area contributed by atoms with Gasteiger partial charge in [0.25, 0.3) is 0 Å². The summed E-state index contributed by atoms with van der Waals surface area (Å²) in [7, 11) is 0. The number of nitrogens with zero attached hydrogens (tertiary/aromatic N) is 3. The average Bonchev–Trinajstić information content (AvgIpc) is 1.99. The fraction of sp³-hybridized carbons (Fsp3) is 0.167. The van der Waals surface area contributed by atoms with Crippen molar-refractivity contribution in [3.8, 4) is 0 Å². The quantitative estimate of drug-likeness (QED) is 0.656. The molecule has 1 heterocycles. The molecule has 1 rings (SSSR count). The summed E-state index contributed by atoms with van der Waals surface area (Å²) in [6.45, 7) is 0. The van der Waals surface area contributed by atoms with Crippen LogP contribution in [-0.4, -0.2) is 20.7 Å². The lowest BCUT2D eigenvalue weighted by Gasteiger charge is -1.94. The molecule has 6 heteroatoms. The van der Waals surface area contributed by atoms with Crippen LogP contribution in [0.2, 0.25) is 0 Å². The molecule has 0 aliphatic heterocycles. The molecular weight excluding hydrogens is 210 g/mol. The first kappa shape index (κ1) is 9.88. The maximum atomic E-state index is 4.01. The second-order valence-electron chi connectivity index (χ2n) is 1.88. The zero-order chi connectivity index (χ0) is 8.97. The van der Waals surface area contributed by atoms with Gasteiger partial charge in [-0.25, -0.2) is 9.97 Å². The van der Waals surface area contributed by atoms with Gasteiger partial charge >= 0.3 is 0 Å². The molecule has 0 aliphatic rings. The smallest absolute Gasteiger partial charge is 0.189 e. The predicted octanol–water partition coefficient (Wildman–Crippen LogP) is 1.39. The van der Waals surface area contributed by atoms with E-state index in [0.717, 1.165) is 0 Å². The Morgan fingerprint density at radius 2 is 1.67 bits per heavy atom. The Morgan fingerprint density at radius 1 is 1.08 bits per heavy atom. The Labute approximate surface area is 87.0 Å². The minimum atomic E-state index is 0.369. The summed E-state index contributed by atoms with van der Waals surface area (Å²) in [5.74, 6) is 1.20. The summed E-state index contributed by atoms with van der Waals surface area (Å²) in [6.07, 6.45) is 3.58. The summed E-state index contributed by atoms with van der Waals surface area (Å²) < 4.78 is 0. The van der Waals surface area contributed by atoms with Gasteiger partial charge in [0.1, 0.15) is 0 Å². The first-order valence-corrected chi connectivity index (χ1v) is 4.66. The molecule has 3 nitrogen and oxygen atoms in total. The summed E-state index contributed by atoms with van der Waals surface area (Å²) >= 11 is 12.0. The second-order valence-corrected chi connectivity index (χ2v) is 3.04. The summed E-state index contributed by atoms with van der Waals surface area (Å²) in [5.41, 5.74) is 0. The van der Waals surface area contributed by atoms with Gasteiger partial charge in [-0.15, -0.1) is 25.3 Å². The van der Waals surface area contributed by atoms with E-state index in [-0.39, 0.29) is 0 Å². The standard InChI is InChI=1S/C6H7N3S3/c10-3-1-2-4-7-5(11)9-6(12)8-4/h1-2,10H,3H2,(H2,7,8,9,11,12). The molecule has 12 heavy (non-hydrogen) atoms. The van der Waals surface area contributed by atoms with E-state index in [4.69, 9.17) is 0 Å². The van der Waals surface area contributed by atoms with Crippen molar-refractivity contribution < 1.29 is 0 Å². The molecule has 0 N–H and O–H groups in total. The van der Waals surface area contributed by atoms with E-state index < -0.39 is 0 Å². The SMILES string of the molecule is SCC=Cc1nc(S)nc(S)n1. The molecule has 0 unspecified atom stereocenters. The monoisotopic (exact) mass is 217 g/mol. The molecule has 0 saturated carbocycles. The van der Waals surface area contributed by atoms with Gasteiger partial charge in [0.2, 0.25) is 0 Å². The minimum Gasteiger partial charge on any atom is -0.203 e. The zero-order valence-electron chi connectivity index (χ0n) is 6.05. The predicted molar refractivity (Wildman–Crippen MR) is 57.2 cm³/mol. The fourth-order valence-corrected chi connectivity index (χ4v) is 1.18. The summed E-state index contributed by atoms with van der Waals surface area (Å²) in [4.78, 5) is 11.7. The minimum absolute atomic E-state index is 0.369. The third-order valence-corrected chi connectivity index (χ3v) is 1.61.